The lowest BCUT2D eigenvalue weighted by atomic mass is 10.3. The summed E-state index contributed by atoms with van der Waals surface area (Å²) in [5.74, 6) is 0.00476. The van der Waals surface area contributed by atoms with E-state index >= 15 is 0 Å². The number of hydrogen-bond donors (Lipinski definition) is 0. The molecule has 2 aromatic rings. The monoisotopic (exact) mass is 354 g/mol. The van der Waals surface area contributed by atoms with Crippen LogP contribution < -0.4 is 4.90 Å². The number of carbonyl (C=O) groups is 1. The Kier molecular flexibility index (Phi) is 3.30. The van der Waals surface area contributed by atoms with Crippen LogP contribution in [0.2, 0.25) is 5.15 Å². The van der Waals surface area contributed by atoms with Crippen LogP contribution in [0.1, 0.15) is 12.8 Å². The van der Waals surface area contributed by atoms with Crippen molar-refractivity contribution in [3.05, 3.63) is 35.9 Å². The Hall–Kier alpha value is -1.40. The molecule has 1 aliphatic rings. The van der Waals surface area contributed by atoms with Crippen molar-refractivity contribution in [1.82, 2.24) is 14.8 Å². The maximum absolute atomic E-state index is 12.3. The number of nitrogens with zero attached hydrogens (tertiary/aromatic N) is 4. The van der Waals surface area contributed by atoms with Gasteiger partial charge in [-0.2, -0.15) is 5.10 Å². The van der Waals surface area contributed by atoms with Crippen LogP contribution in [0.5, 0.6) is 0 Å². The van der Waals surface area contributed by atoms with E-state index in [9.17, 15) is 4.79 Å². The summed E-state index contributed by atoms with van der Waals surface area (Å²) in [6.07, 6.45) is 6.81. The van der Waals surface area contributed by atoms with Crippen molar-refractivity contribution < 1.29 is 4.79 Å². The fourth-order valence-corrected chi connectivity index (χ4v) is 2.65. The van der Waals surface area contributed by atoms with Crippen LogP contribution >= 0.6 is 27.5 Å². The molecule has 0 N–H and O–H groups in total. The molecule has 0 aromatic carbocycles. The number of halogens is 2. The molecule has 7 heteroatoms. The quantitative estimate of drug-likeness (QED) is 0.796. The smallest absolute Gasteiger partial charge is 0.243 e. The second-order valence-electron chi connectivity index (χ2n) is 4.79. The van der Waals surface area contributed by atoms with Gasteiger partial charge in [0.1, 0.15) is 10.0 Å². The Morgan fingerprint density at radius 2 is 2.30 bits per heavy atom. The SMILES string of the molecule is CN(C(=O)C1(Br)CC1)c1cn(-c2cccnc2)nc1Cl. The third kappa shape index (κ3) is 2.33. The largest absolute Gasteiger partial charge is 0.310 e. The number of amides is 1. The maximum atomic E-state index is 12.3. The molecule has 1 saturated carbocycles. The van der Waals surface area contributed by atoms with E-state index in [-0.39, 0.29) is 5.91 Å². The Bertz CT molecular complexity index is 654. The molecule has 0 spiro atoms. The molecule has 0 unspecified atom stereocenters. The zero-order valence-electron chi connectivity index (χ0n) is 10.8. The predicted molar refractivity (Wildman–Crippen MR) is 80.7 cm³/mol. The van der Waals surface area contributed by atoms with Crippen LogP contribution in [0.3, 0.4) is 0 Å². The highest BCUT2D eigenvalue weighted by molar-refractivity contribution is 9.10. The fourth-order valence-electron chi connectivity index (χ4n) is 1.92. The Labute approximate surface area is 129 Å². The number of aromatic nitrogens is 3. The van der Waals surface area contributed by atoms with Gasteiger partial charge in [0.05, 0.1) is 18.1 Å². The summed E-state index contributed by atoms with van der Waals surface area (Å²) < 4.78 is 1.20. The second kappa shape index (κ2) is 4.86. The average Bonchev–Trinajstić information content (AvgIpc) is 3.09. The molecule has 1 amide bonds. The molecule has 1 aliphatic carbocycles. The van der Waals surface area contributed by atoms with E-state index in [0.717, 1.165) is 18.5 Å². The third-order valence-electron chi connectivity index (χ3n) is 3.30. The van der Waals surface area contributed by atoms with Crippen molar-refractivity contribution in [2.24, 2.45) is 0 Å². The van der Waals surface area contributed by atoms with Gasteiger partial charge in [0, 0.05) is 13.2 Å². The molecule has 20 heavy (non-hydrogen) atoms. The maximum Gasteiger partial charge on any atom is 0.243 e. The molecule has 0 bridgehead atoms. The van der Waals surface area contributed by atoms with E-state index < -0.39 is 4.32 Å². The molecule has 2 aromatic heterocycles. The van der Waals surface area contributed by atoms with Gasteiger partial charge in [0.2, 0.25) is 5.91 Å². The minimum Gasteiger partial charge on any atom is -0.310 e. The molecule has 104 valence electrons. The van der Waals surface area contributed by atoms with Crippen molar-refractivity contribution in [3.63, 3.8) is 0 Å². The summed E-state index contributed by atoms with van der Waals surface area (Å²) in [5.41, 5.74) is 1.38. The van der Waals surface area contributed by atoms with Gasteiger partial charge in [-0.05, 0) is 25.0 Å². The summed E-state index contributed by atoms with van der Waals surface area (Å²) in [6.45, 7) is 0. The van der Waals surface area contributed by atoms with Crippen molar-refractivity contribution in [2.75, 3.05) is 11.9 Å². The fraction of sp³-hybridized carbons (Fsp3) is 0.308. The normalized spacial score (nSPS) is 15.9. The lowest BCUT2D eigenvalue weighted by Gasteiger charge is -2.18. The predicted octanol–water partition coefficient (Wildman–Crippen LogP) is 2.81. The number of anilines is 1. The zero-order chi connectivity index (χ0) is 14.3. The number of carbonyl (C=O) groups excluding carboxylic acids is 1. The van der Waals surface area contributed by atoms with Gasteiger partial charge in [-0.1, -0.05) is 27.5 Å². The first kappa shape index (κ1) is 13.6. The first-order chi connectivity index (χ1) is 9.51. The second-order valence-corrected chi connectivity index (χ2v) is 6.67. The van der Waals surface area contributed by atoms with E-state index in [1.807, 2.05) is 12.1 Å². The van der Waals surface area contributed by atoms with E-state index in [1.165, 1.54) is 0 Å². The highest BCUT2D eigenvalue weighted by Gasteiger charge is 2.49. The number of hydrogen-bond acceptors (Lipinski definition) is 3. The molecule has 0 radical (unpaired) electrons. The summed E-state index contributed by atoms with van der Waals surface area (Å²) in [6, 6.07) is 3.69. The molecule has 0 atom stereocenters. The number of alkyl halides is 1. The Morgan fingerprint density at radius 3 is 2.90 bits per heavy atom. The molecule has 0 saturated heterocycles. The number of rotatable bonds is 3. The van der Waals surface area contributed by atoms with E-state index in [2.05, 4.69) is 26.0 Å². The van der Waals surface area contributed by atoms with Gasteiger partial charge in [-0.25, -0.2) is 4.68 Å². The highest BCUT2D eigenvalue weighted by Crippen LogP contribution is 2.46. The zero-order valence-corrected chi connectivity index (χ0v) is 13.1. The summed E-state index contributed by atoms with van der Waals surface area (Å²) >= 11 is 9.60. The van der Waals surface area contributed by atoms with Gasteiger partial charge in [0.15, 0.2) is 5.15 Å². The van der Waals surface area contributed by atoms with Crippen LogP contribution in [0, 0.1) is 0 Å². The topological polar surface area (TPSA) is 51.0 Å². The first-order valence-electron chi connectivity index (χ1n) is 6.14. The van der Waals surface area contributed by atoms with Crippen molar-refractivity contribution in [3.8, 4) is 5.69 Å². The van der Waals surface area contributed by atoms with Gasteiger partial charge in [-0.3, -0.25) is 9.78 Å². The Morgan fingerprint density at radius 1 is 1.55 bits per heavy atom. The van der Waals surface area contributed by atoms with E-state index in [1.54, 1.807) is 35.2 Å². The third-order valence-corrected chi connectivity index (χ3v) is 4.70. The van der Waals surface area contributed by atoms with Crippen LogP contribution in [0.15, 0.2) is 30.7 Å². The highest BCUT2D eigenvalue weighted by atomic mass is 79.9. The Balaban J connectivity index is 1.91. The molecule has 2 heterocycles. The lowest BCUT2D eigenvalue weighted by molar-refractivity contribution is -0.118. The van der Waals surface area contributed by atoms with Crippen LogP contribution in [-0.2, 0) is 4.79 Å². The molecule has 5 nitrogen and oxygen atoms in total. The standard InChI is InChI=1S/C13H12BrClN4O/c1-18(12(20)13(14)4-5-13)10-8-19(17-11(10)15)9-3-2-6-16-7-9/h2-3,6-8H,4-5H2,1H3. The molecular weight excluding hydrogens is 344 g/mol. The van der Waals surface area contributed by atoms with Crippen LogP contribution in [0.4, 0.5) is 5.69 Å². The first-order valence-corrected chi connectivity index (χ1v) is 7.31. The molecular formula is C13H12BrClN4O. The summed E-state index contributed by atoms with van der Waals surface area (Å²) in [7, 11) is 1.71. The van der Waals surface area contributed by atoms with Crippen LogP contribution in [-0.4, -0.2) is 32.0 Å². The van der Waals surface area contributed by atoms with Gasteiger partial charge in [0.25, 0.3) is 0 Å². The molecule has 1 fully saturated rings. The summed E-state index contributed by atoms with van der Waals surface area (Å²) in [5, 5.41) is 4.51. The van der Waals surface area contributed by atoms with Gasteiger partial charge >= 0.3 is 0 Å². The summed E-state index contributed by atoms with van der Waals surface area (Å²) in [4.78, 5) is 17.9. The average molecular weight is 356 g/mol. The number of pyridine rings is 1. The van der Waals surface area contributed by atoms with Gasteiger partial charge < -0.3 is 4.90 Å². The van der Waals surface area contributed by atoms with Crippen molar-refractivity contribution >= 4 is 39.1 Å². The van der Waals surface area contributed by atoms with Crippen molar-refractivity contribution in [1.29, 1.82) is 0 Å². The minimum atomic E-state index is -0.415. The van der Waals surface area contributed by atoms with E-state index in [4.69, 9.17) is 11.6 Å². The van der Waals surface area contributed by atoms with Crippen LogP contribution in [0.25, 0.3) is 5.69 Å². The molecule has 3 rings (SSSR count). The van der Waals surface area contributed by atoms with E-state index in [0.29, 0.717) is 10.8 Å². The van der Waals surface area contributed by atoms with Gasteiger partial charge in [-0.15, -0.1) is 0 Å². The lowest BCUT2D eigenvalue weighted by Crippen LogP contribution is -2.34. The molecule has 0 aliphatic heterocycles. The van der Waals surface area contributed by atoms with Crippen molar-refractivity contribution in [2.45, 2.75) is 17.2 Å². The minimum absolute atomic E-state index is 0.00476.